The number of amides is 1. The van der Waals surface area contributed by atoms with Gasteiger partial charge in [-0.1, -0.05) is 6.07 Å². The quantitative estimate of drug-likeness (QED) is 0.451. The van der Waals surface area contributed by atoms with E-state index in [1.54, 1.807) is 23.1 Å². The Morgan fingerprint density at radius 1 is 1.19 bits per heavy atom. The molecule has 2 aromatic heterocycles. The number of nitriles is 1. The van der Waals surface area contributed by atoms with Crippen molar-refractivity contribution in [1.29, 1.82) is 5.26 Å². The number of fused-ring (bicyclic) bond motifs is 1. The molecule has 1 fully saturated rings. The van der Waals surface area contributed by atoms with E-state index in [4.69, 9.17) is 11.0 Å². The fourth-order valence-electron chi connectivity index (χ4n) is 4.34. The Hall–Kier alpha value is -4.14. The summed E-state index contributed by atoms with van der Waals surface area (Å²) in [6, 6.07) is 10.7. The number of halogens is 1. The molecule has 2 N–H and O–H groups in total. The lowest BCUT2D eigenvalue weighted by molar-refractivity contribution is 0.0791. The number of nitrogens with zero attached hydrogens (tertiary/aromatic N) is 5. The summed E-state index contributed by atoms with van der Waals surface area (Å²) in [4.78, 5) is 23.4. The lowest BCUT2D eigenvalue weighted by Crippen LogP contribution is -2.31. The van der Waals surface area contributed by atoms with Crippen LogP contribution in [0.15, 0.2) is 59.9 Å². The minimum atomic E-state index is -3.61. The summed E-state index contributed by atoms with van der Waals surface area (Å²) in [5.74, 6) is -0.577. The number of sulfone groups is 1. The van der Waals surface area contributed by atoms with Gasteiger partial charge in [0, 0.05) is 66.1 Å². The van der Waals surface area contributed by atoms with Crippen molar-refractivity contribution in [3.05, 3.63) is 71.9 Å². The second-order valence-electron chi connectivity index (χ2n) is 8.75. The summed E-state index contributed by atoms with van der Waals surface area (Å²) < 4.78 is 40.8. The van der Waals surface area contributed by atoms with Crippen LogP contribution in [-0.2, 0) is 9.84 Å². The van der Waals surface area contributed by atoms with E-state index in [1.807, 2.05) is 6.07 Å². The standard InChI is InChI=1S/C25H21FN6O3S/c1-36(34,35)23-14-32(22-9-16(3-4-19(22)23)24(33)31-7-6-18(28)13-31)25-29-11-17(12-30-25)20-8-15(10-27)2-5-21(20)26/h2-5,8-9,11-12,14,18H,6-7,13,28H2,1H3. The van der Waals surface area contributed by atoms with Crippen LogP contribution in [0.1, 0.15) is 22.3 Å². The number of hydrogen-bond donors (Lipinski definition) is 1. The molecule has 1 atom stereocenters. The number of carbonyl (C=O) groups is 1. The Bertz CT molecular complexity index is 1660. The maximum Gasteiger partial charge on any atom is 0.253 e. The van der Waals surface area contributed by atoms with Gasteiger partial charge in [-0.2, -0.15) is 5.26 Å². The van der Waals surface area contributed by atoms with Crippen LogP contribution >= 0.6 is 0 Å². The number of carbonyl (C=O) groups excluding carboxylic acids is 1. The van der Waals surface area contributed by atoms with E-state index in [0.29, 0.717) is 40.7 Å². The highest BCUT2D eigenvalue weighted by Crippen LogP contribution is 2.30. The molecule has 0 saturated carbocycles. The van der Waals surface area contributed by atoms with Gasteiger partial charge in [-0.15, -0.1) is 0 Å². The predicted molar refractivity (Wildman–Crippen MR) is 131 cm³/mol. The van der Waals surface area contributed by atoms with Crippen LogP contribution in [0.3, 0.4) is 0 Å². The Morgan fingerprint density at radius 2 is 1.94 bits per heavy atom. The Morgan fingerprint density at radius 3 is 2.58 bits per heavy atom. The van der Waals surface area contributed by atoms with Crippen LogP contribution in [0.4, 0.5) is 4.39 Å². The van der Waals surface area contributed by atoms with Crippen LogP contribution < -0.4 is 5.73 Å². The summed E-state index contributed by atoms with van der Waals surface area (Å²) in [6.45, 7) is 1.02. The predicted octanol–water partition coefficient (Wildman–Crippen LogP) is 2.67. The zero-order valence-corrected chi connectivity index (χ0v) is 20.0. The highest BCUT2D eigenvalue weighted by atomic mass is 32.2. The normalized spacial score (nSPS) is 15.8. The third-order valence-corrected chi connectivity index (χ3v) is 7.31. The molecule has 0 spiro atoms. The van der Waals surface area contributed by atoms with E-state index in [-0.39, 0.29) is 28.4 Å². The maximum atomic E-state index is 14.3. The van der Waals surface area contributed by atoms with Gasteiger partial charge in [0.05, 0.1) is 22.0 Å². The first kappa shape index (κ1) is 23.6. The molecule has 0 aliphatic carbocycles. The third-order valence-electron chi connectivity index (χ3n) is 6.19. The highest BCUT2D eigenvalue weighted by molar-refractivity contribution is 7.91. The number of hydrogen-bond acceptors (Lipinski definition) is 7. The van der Waals surface area contributed by atoms with Crippen molar-refractivity contribution < 1.29 is 17.6 Å². The topological polar surface area (TPSA) is 135 Å². The first-order valence-electron chi connectivity index (χ1n) is 11.1. The Kier molecular flexibility index (Phi) is 5.78. The zero-order valence-electron chi connectivity index (χ0n) is 19.2. The lowest BCUT2D eigenvalue weighted by atomic mass is 10.1. The van der Waals surface area contributed by atoms with Gasteiger partial charge in [-0.25, -0.2) is 22.8 Å². The van der Waals surface area contributed by atoms with Crippen LogP contribution in [0.2, 0.25) is 0 Å². The third kappa shape index (κ3) is 4.21. The van der Waals surface area contributed by atoms with Gasteiger partial charge in [-0.05, 0) is 36.8 Å². The van der Waals surface area contributed by atoms with Crippen molar-refractivity contribution in [1.82, 2.24) is 19.4 Å². The van der Waals surface area contributed by atoms with E-state index in [0.717, 1.165) is 12.7 Å². The molecule has 1 aliphatic heterocycles. The Balaban J connectivity index is 1.60. The molecule has 1 aliphatic rings. The second-order valence-corrected chi connectivity index (χ2v) is 10.7. The minimum absolute atomic E-state index is 0.0658. The minimum Gasteiger partial charge on any atom is -0.337 e. The molecule has 0 radical (unpaired) electrons. The smallest absolute Gasteiger partial charge is 0.253 e. The van der Waals surface area contributed by atoms with Gasteiger partial charge in [0.15, 0.2) is 9.84 Å². The van der Waals surface area contributed by atoms with Crippen molar-refractivity contribution in [3.63, 3.8) is 0 Å². The van der Waals surface area contributed by atoms with Crippen molar-refractivity contribution in [2.45, 2.75) is 17.4 Å². The summed E-state index contributed by atoms with van der Waals surface area (Å²) >= 11 is 0. The van der Waals surface area contributed by atoms with Crippen LogP contribution in [0.5, 0.6) is 0 Å². The van der Waals surface area contributed by atoms with E-state index >= 15 is 0 Å². The monoisotopic (exact) mass is 504 g/mol. The average molecular weight is 505 g/mol. The number of nitrogens with two attached hydrogens (primary N) is 1. The molecule has 1 unspecified atom stereocenters. The summed E-state index contributed by atoms with van der Waals surface area (Å²) in [5.41, 5.74) is 7.59. The van der Waals surface area contributed by atoms with E-state index in [9.17, 15) is 17.6 Å². The fourth-order valence-corrected chi connectivity index (χ4v) is 5.21. The van der Waals surface area contributed by atoms with Crippen molar-refractivity contribution >= 4 is 26.6 Å². The summed E-state index contributed by atoms with van der Waals surface area (Å²) in [6.07, 6.45) is 6.03. The van der Waals surface area contributed by atoms with Crippen LogP contribution in [0, 0.1) is 17.1 Å². The molecular weight excluding hydrogens is 483 g/mol. The maximum absolute atomic E-state index is 14.3. The molecule has 9 nitrogen and oxygen atoms in total. The molecule has 0 bridgehead atoms. The first-order chi connectivity index (χ1) is 17.2. The molecular formula is C25H21FN6O3S. The number of aromatic nitrogens is 3. The Labute approximate surface area is 206 Å². The molecule has 2 aromatic carbocycles. The van der Waals surface area contributed by atoms with E-state index in [1.165, 1.54) is 41.4 Å². The lowest BCUT2D eigenvalue weighted by Gasteiger charge is -2.16. The molecule has 1 amide bonds. The van der Waals surface area contributed by atoms with Gasteiger partial charge in [-0.3, -0.25) is 9.36 Å². The molecule has 5 rings (SSSR count). The largest absolute Gasteiger partial charge is 0.337 e. The highest BCUT2D eigenvalue weighted by Gasteiger charge is 2.26. The fraction of sp³-hybridized carbons (Fsp3) is 0.200. The average Bonchev–Trinajstić information content (AvgIpc) is 3.47. The van der Waals surface area contributed by atoms with Gasteiger partial charge in [0.1, 0.15) is 5.82 Å². The molecule has 182 valence electrons. The van der Waals surface area contributed by atoms with E-state index < -0.39 is 15.7 Å². The second kappa shape index (κ2) is 8.82. The van der Waals surface area contributed by atoms with Crippen molar-refractivity contribution in [2.75, 3.05) is 19.3 Å². The van der Waals surface area contributed by atoms with Crippen LogP contribution in [0.25, 0.3) is 28.0 Å². The zero-order chi connectivity index (χ0) is 25.6. The van der Waals surface area contributed by atoms with Crippen molar-refractivity contribution in [3.8, 4) is 23.1 Å². The molecule has 3 heterocycles. The first-order valence-corrected chi connectivity index (χ1v) is 13.0. The van der Waals surface area contributed by atoms with Gasteiger partial charge < -0.3 is 10.6 Å². The molecule has 36 heavy (non-hydrogen) atoms. The summed E-state index contributed by atoms with van der Waals surface area (Å²) in [5, 5.41) is 9.54. The number of likely N-dealkylation sites (tertiary alicyclic amines) is 1. The van der Waals surface area contributed by atoms with Crippen molar-refractivity contribution in [2.24, 2.45) is 5.73 Å². The van der Waals surface area contributed by atoms with Crippen LogP contribution in [-0.4, -0.2) is 59.1 Å². The SMILES string of the molecule is CS(=O)(=O)c1cn(-c2ncc(-c3cc(C#N)ccc3F)cn2)c2cc(C(=O)N3CCC(N)C3)ccc12. The molecule has 4 aromatic rings. The van der Waals surface area contributed by atoms with Gasteiger partial charge in [0.2, 0.25) is 5.95 Å². The number of benzene rings is 2. The number of rotatable bonds is 4. The molecule has 11 heteroatoms. The van der Waals surface area contributed by atoms with Gasteiger partial charge >= 0.3 is 0 Å². The van der Waals surface area contributed by atoms with E-state index in [2.05, 4.69) is 9.97 Å². The van der Waals surface area contributed by atoms with Gasteiger partial charge in [0.25, 0.3) is 5.91 Å². The molecule has 1 saturated heterocycles. The summed E-state index contributed by atoms with van der Waals surface area (Å²) in [7, 11) is -3.61.